The minimum absolute atomic E-state index is 0.0288. The van der Waals surface area contributed by atoms with Crippen molar-refractivity contribution >= 4 is 20.9 Å². The van der Waals surface area contributed by atoms with Crippen LogP contribution in [0.2, 0.25) is 0 Å². The molecule has 0 spiro atoms. The minimum Gasteiger partial charge on any atom is -0.456 e. The first-order chi connectivity index (χ1) is 17.3. The van der Waals surface area contributed by atoms with Crippen molar-refractivity contribution in [3.8, 4) is 34.5 Å². The van der Waals surface area contributed by atoms with Gasteiger partial charge in [0.05, 0.1) is 23.7 Å². The number of nitrogens with zero attached hydrogens (tertiary/aromatic N) is 5. The normalized spacial score (nSPS) is 11.5. The molecule has 5 rings (SSSR count). The molecule has 0 saturated carbocycles. The predicted octanol–water partition coefficient (Wildman–Crippen LogP) is 3.49. The van der Waals surface area contributed by atoms with Gasteiger partial charge in [0, 0.05) is 37.8 Å². The van der Waals surface area contributed by atoms with Crippen LogP contribution >= 0.6 is 0 Å². The molecule has 0 fully saturated rings. The van der Waals surface area contributed by atoms with Gasteiger partial charge in [0.15, 0.2) is 32.2 Å². The molecule has 1 N–H and O–H groups in total. The van der Waals surface area contributed by atoms with Crippen molar-refractivity contribution in [2.24, 2.45) is 7.05 Å². The molecule has 0 aliphatic carbocycles. The molecule has 182 valence electrons. The van der Waals surface area contributed by atoms with Crippen molar-refractivity contribution < 1.29 is 17.9 Å². The Balaban J connectivity index is 1.57. The average Bonchev–Trinajstić information content (AvgIpc) is 3.32. The second kappa shape index (κ2) is 9.23. The third-order valence-electron chi connectivity index (χ3n) is 5.28. The molecule has 1 aromatic carbocycles. The Morgan fingerprint density at radius 2 is 1.86 bits per heavy atom. The number of hydrogen-bond acceptors (Lipinski definition) is 9. The molecule has 0 atom stereocenters. The summed E-state index contributed by atoms with van der Waals surface area (Å²) < 4.78 is 37.4. The smallest absolute Gasteiger partial charge is 0.293 e. The standard InChI is InChI=1S/C24H20N6O5S/c1-3-36(32,33)21-7-6-15(13-27-21)34-16-11-17-22(29-23(28-17)18-14-25-8-9-26-18)20(12-16)35-19-5-4-10-30(2)24(19)31/h4-14H,3H2,1-2H3,(H,28,29). The summed E-state index contributed by atoms with van der Waals surface area (Å²) in [5, 5.41) is -0.0288. The summed E-state index contributed by atoms with van der Waals surface area (Å²) in [4.78, 5) is 32.7. The number of benzene rings is 1. The van der Waals surface area contributed by atoms with Crippen molar-refractivity contribution in [2.75, 3.05) is 5.75 Å². The number of nitrogens with one attached hydrogen (secondary N) is 1. The minimum atomic E-state index is -3.43. The molecule has 0 amide bonds. The summed E-state index contributed by atoms with van der Waals surface area (Å²) in [5.74, 6) is 1.46. The van der Waals surface area contributed by atoms with Crippen LogP contribution in [0.5, 0.6) is 23.0 Å². The van der Waals surface area contributed by atoms with Crippen LogP contribution in [-0.4, -0.2) is 43.7 Å². The fraction of sp³-hybridized carbons (Fsp3) is 0.125. The Kier molecular flexibility index (Phi) is 5.94. The lowest BCUT2D eigenvalue weighted by Gasteiger charge is -2.10. The van der Waals surface area contributed by atoms with Crippen LogP contribution in [-0.2, 0) is 16.9 Å². The summed E-state index contributed by atoms with van der Waals surface area (Å²) in [7, 11) is -1.81. The van der Waals surface area contributed by atoms with E-state index in [2.05, 4.69) is 24.9 Å². The molecule has 5 aromatic rings. The number of aromatic amines is 1. The summed E-state index contributed by atoms with van der Waals surface area (Å²) in [6, 6.07) is 9.46. The van der Waals surface area contributed by atoms with Crippen LogP contribution in [0, 0.1) is 0 Å². The molecule has 0 aliphatic rings. The van der Waals surface area contributed by atoms with E-state index in [-0.39, 0.29) is 27.8 Å². The molecule has 11 nitrogen and oxygen atoms in total. The quantitative estimate of drug-likeness (QED) is 0.352. The topological polar surface area (TPSA) is 142 Å². The number of rotatable bonds is 7. The third kappa shape index (κ3) is 4.53. The predicted molar refractivity (Wildman–Crippen MR) is 131 cm³/mol. The molecule has 0 radical (unpaired) electrons. The van der Waals surface area contributed by atoms with E-state index in [1.165, 1.54) is 22.9 Å². The van der Waals surface area contributed by atoms with Gasteiger partial charge in [0.2, 0.25) is 0 Å². The Morgan fingerprint density at radius 3 is 2.58 bits per heavy atom. The largest absolute Gasteiger partial charge is 0.456 e. The Bertz CT molecular complexity index is 1710. The lowest BCUT2D eigenvalue weighted by Crippen LogP contribution is -2.16. The lowest BCUT2D eigenvalue weighted by molar-refractivity contribution is 0.456. The van der Waals surface area contributed by atoms with E-state index in [4.69, 9.17) is 9.47 Å². The van der Waals surface area contributed by atoms with E-state index in [0.29, 0.717) is 34.1 Å². The fourth-order valence-corrected chi connectivity index (χ4v) is 4.19. The molecule has 0 bridgehead atoms. The van der Waals surface area contributed by atoms with Gasteiger partial charge < -0.3 is 19.0 Å². The van der Waals surface area contributed by atoms with Gasteiger partial charge in [-0.2, -0.15) is 0 Å². The maximum absolute atomic E-state index is 12.6. The van der Waals surface area contributed by atoms with E-state index in [1.54, 1.807) is 63.0 Å². The molecule has 0 saturated heterocycles. The van der Waals surface area contributed by atoms with Gasteiger partial charge in [-0.25, -0.2) is 23.4 Å². The molecule has 0 unspecified atom stereocenters. The van der Waals surface area contributed by atoms with Gasteiger partial charge in [-0.15, -0.1) is 0 Å². The monoisotopic (exact) mass is 504 g/mol. The van der Waals surface area contributed by atoms with Crippen LogP contribution in [0.25, 0.3) is 22.6 Å². The molecular formula is C24H20N6O5S. The van der Waals surface area contributed by atoms with Crippen molar-refractivity contribution in [1.82, 2.24) is 29.5 Å². The summed E-state index contributed by atoms with van der Waals surface area (Å²) in [6.07, 6.45) is 7.64. The zero-order valence-electron chi connectivity index (χ0n) is 19.2. The molecule has 12 heteroatoms. The molecule has 4 aromatic heterocycles. The number of H-pyrrole nitrogens is 1. The first-order valence-electron chi connectivity index (χ1n) is 10.8. The highest BCUT2D eigenvalue weighted by Crippen LogP contribution is 2.35. The Labute approximate surface area is 205 Å². The third-order valence-corrected chi connectivity index (χ3v) is 6.92. The maximum atomic E-state index is 12.6. The first kappa shape index (κ1) is 23.2. The van der Waals surface area contributed by atoms with E-state index in [0.717, 1.165) is 0 Å². The van der Waals surface area contributed by atoms with Crippen molar-refractivity contribution in [1.29, 1.82) is 0 Å². The summed E-state index contributed by atoms with van der Waals surface area (Å²) in [6.45, 7) is 1.55. The fourth-order valence-electron chi connectivity index (χ4n) is 3.40. The van der Waals surface area contributed by atoms with Gasteiger partial charge in [0.1, 0.15) is 22.7 Å². The van der Waals surface area contributed by atoms with E-state index in [1.807, 2.05) is 0 Å². The number of aromatic nitrogens is 6. The Morgan fingerprint density at radius 1 is 1.00 bits per heavy atom. The summed E-state index contributed by atoms with van der Waals surface area (Å²) in [5.41, 5.74) is 1.22. The van der Waals surface area contributed by atoms with Gasteiger partial charge in [-0.1, -0.05) is 6.92 Å². The van der Waals surface area contributed by atoms with Crippen LogP contribution in [0.15, 0.2) is 77.2 Å². The number of aryl methyl sites for hydroxylation is 1. The van der Waals surface area contributed by atoms with Crippen molar-refractivity contribution in [3.63, 3.8) is 0 Å². The van der Waals surface area contributed by atoms with Gasteiger partial charge in [-0.3, -0.25) is 9.78 Å². The van der Waals surface area contributed by atoms with Gasteiger partial charge >= 0.3 is 0 Å². The lowest BCUT2D eigenvalue weighted by atomic mass is 10.2. The van der Waals surface area contributed by atoms with Crippen LogP contribution in [0.3, 0.4) is 0 Å². The highest BCUT2D eigenvalue weighted by atomic mass is 32.2. The zero-order valence-corrected chi connectivity index (χ0v) is 20.1. The number of sulfone groups is 1. The molecular weight excluding hydrogens is 484 g/mol. The first-order valence-corrected chi connectivity index (χ1v) is 12.5. The van der Waals surface area contributed by atoms with Crippen molar-refractivity contribution in [2.45, 2.75) is 11.9 Å². The van der Waals surface area contributed by atoms with E-state index in [9.17, 15) is 13.2 Å². The maximum Gasteiger partial charge on any atom is 0.293 e. The number of imidazole rings is 1. The molecule has 4 heterocycles. The number of pyridine rings is 2. The average molecular weight is 505 g/mol. The highest BCUT2D eigenvalue weighted by Gasteiger charge is 2.17. The summed E-state index contributed by atoms with van der Waals surface area (Å²) >= 11 is 0. The molecule has 0 aliphatic heterocycles. The van der Waals surface area contributed by atoms with Gasteiger partial charge in [-0.05, 0) is 24.3 Å². The van der Waals surface area contributed by atoms with Crippen LogP contribution < -0.4 is 15.0 Å². The van der Waals surface area contributed by atoms with Crippen LogP contribution in [0.1, 0.15) is 6.92 Å². The second-order valence-electron chi connectivity index (χ2n) is 7.72. The van der Waals surface area contributed by atoms with Gasteiger partial charge in [0.25, 0.3) is 5.56 Å². The van der Waals surface area contributed by atoms with Crippen molar-refractivity contribution in [3.05, 3.63) is 77.7 Å². The number of hydrogen-bond donors (Lipinski definition) is 1. The Hall–Kier alpha value is -4.58. The SMILES string of the molecule is CCS(=O)(=O)c1ccc(Oc2cc(Oc3cccn(C)c3=O)c3nc(-c4cnccn4)[nH]c3c2)cn1. The number of ether oxygens (including phenoxy) is 2. The van der Waals surface area contributed by atoms with E-state index >= 15 is 0 Å². The van der Waals surface area contributed by atoms with Crippen LogP contribution in [0.4, 0.5) is 0 Å². The van der Waals surface area contributed by atoms with E-state index < -0.39 is 9.84 Å². The molecule has 36 heavy (non-hydrogen) atoms. The number of fused-ring (bicyclic) bond motifs is 1. The zero-order chi connectivity index (χ0) is 25.3. The highest BCUT2D eigenvalue weighted by molar-refractivity contribution is 7.91. The second-order valence-corrected chi connectivity index (χ2v) is 9.95.